The van der Waals surface area contributed by atoms with Gasteiger partial charge in [-0.3, -0.25) is 0 Å². The normalized spacial score (nSPS) is 15.2. The molecule has 30 heavy (non-hydrogen) atoms. The zero-order valence-electron chi connectivity index (χ0n) is 15.8. The number of benzene rings is 1. The van der Waals surface area contributed by atoms with Crippen LogP contribution in [0.5, 0.6) is 0 Å². The number of halogens is 3. The Morgan fingerprint density at radius 2 is 2.00 bits per heavy atom. The summed E-state index contributed by atoms with van der Waals surface area (Å²) in [6.07, 6.45) is -1.15. The van der Waals surface area contributed by atoms with E-state index in [-0.39, 0.29) is 18.8 Å². The number of nitrogens with zero attached hydrogens (tertiary/aromatic N) is 4. The van der Waals surface area contributed by atoms with Gasteiger partial charge in [-0.2, -0.15) is 17.5 Å². The molecule has 6 nitrogen and oxygen atoms in total. The molecule has 3 heterocycles. The van der Waals surface area contributed by atoms with E-state index in [4.69, 9.17) is 0 Å². The fourth-order valence-electron chi connectivity index (χ4n) is 3.48. The van der Waals surface area contributed by atoms with Crippen LogP contribution in [0.15, 0.2) is 36.1 Å². The Morgan fingerprint density at radius 1 is 1.20 bits per heavy atom. The molecule has 1 aliphatic heterocycles. The molecule has 0 saturated carbocycles. The van der Waals surface area contributed by atoms with Gasteiger partial charge in [0.1, 0.15) is 17.1 Å². The second-order valence-corrected chi connectivity index (χ2v) is 9.89. The standard InChI is InChI=1S/C19H17F3N4O2S2/c1-12-8-13(19(20,21)22)2-3-14(12)18-15-4-6-26(9-16(15)24-11-25-18)30(27,28)10-17-23-5-7-29-17/h2-3,5,7-8,11H,4,6,9-10H2,1H3. The van der Waals surface area contributed by atoms with Gasteiger partial charge in [0.15, 0.2) is 0 Å². The molecule has 2 aromatic heterocycles. The highest BCUT2D eigenvalue weighted by Gasteiger charge is 2.32. The number of aromatic nitrogens is 3. The van der Waals surface area contributed by atoms with Gasteiger partial charge in [0.2, 0.25) is 10.0 Å². The van der Waals surface area contributed by atoms with Crippen LogP contribution >= 0.6 is 11.3 Å². The molecule has 0 unspecified atom stereocenters. The van der Waals surface area contributed by atoms with Crippen molar-refractivity contribution in [3.63, 3.8) is 0 Å². The Bertz CT molecular complexity index is 1180. The summed E-state index contributed by atoms with van der Waals surface area (Å²) in [4.78, 5) is 12.6. The Balaban J connectivity index is 1.64. The second-order valence-electron chi connectivity index (χ2n) is 6.94. The van der Waals surface area contributed by atoms with Crippen LogP contribution in [0, 0.1) is 6.92 Å². The smallest absolute Gasteiger partial charge is 0.249 e. The molecule has 0 fully saturated rings. The number of rotatable bonds is 4. The van der Waals surface area contributed by atoms with Crippen LogP contribution in [0.2, 0.25) is 0 Å². The lowest BCUT2D eigenvalue weighted by atomic mass is 9.95. The lowest BCUT2D eigenvalue weighted by molar-refractivity contribution is -0.137. The van der Waals surface area contributed by atoms with E-state index in [2.05, 4.69) is 15.0 Å². The second kappa shape index (κ2) is 7.71. The summed E-state index contributed by atoms with van der Waals surface area (Å²) in [5.74, 6) is -0.171. The molecule has 1 aliphatic rings. The minimum Gasteiger partial charge on any atom is -0.249 e. The van der Waals surface area contributed by atoms with Crippen molar-refractivity contribution in [2.24, 2.45) is 0 Å². The molecule has 0 spiro atoms. The van der Waals surface area contributed by atoms with Crippen LogP contribution in [-0.4, -0.2) is 34.2 Å². The van der Waals surface area contributed by atoms with Crippen molar-refractivity contribution in [3.05, 3.63) is 63.5 Å². The van der Waals surface area contributed by atoms with Crippen molar-refractivity contribution >= 4 is 21.4 Å². The van der Waals surface area contributed by atoms with Crippen molar-refractivity contribution in [2.45, 2.75) is 31.8 Å². The molecule has 0 N–H and O–H groups in total. The van der Waals surface area contributed by atoms with E-state index < -0.39 is 21.8 Å². The van der Waals surface area contributed by atoms with Crippen molar-refractivity contribution in [1.82, 2.24) is 19.3 Å². The average molecular weight is 454 g/mol. The zero-order chi connectivity index (χ0) is 21.5. The van der Waals surface area contributed by atoms with Crippen LogP contribution in [0.3, 0.4) is 0 Å². The number of aryl methyl sites for hydroxylation is 1. The number of alkyl halides is 3. The third-order valence-corrected chi connectivity index (χ3v) is 7.66. The van der Waals surface area contributed by atoms with Gasteiger partial charge in [-0.05, 0) is 31.0 Å². The van der Waals surface area contributed by atoms with Gasteiger partial charge in [-0.25, -0.2) is 23.4 Å². The summed E-state index contributed by atoms with van der Waals surface area (Å²) >= 11 is 1.28. The fraction of sp³-hybridized carbons (Fsp3) is 0.316. The topological polar surface area (TPSA) is 76.1 Å². The van der Waals surface area contributed by atoms with Crippen LogP contribution in [0.25, 0.3) is 11.3 Å². The minimum absolute atomic E-state index is 0.0955. The maximum atomic E-state index is 13.0. The van der Waals surface area contributed by atoms with Crippen LogP contribution < -0.4 is 0 Å². The van der Waals surface area contributed by atoms with E-state index in [0.29, 0.717) is 33.9 Å². The summed E-state index contributed by atoms with van der Waals surface area (Å²) in [7, 11) is -3.56. The van der Waals surface area contributed by atoms with Crippen LogP contribution in [0.4, 0.5) is 13.2 Å². The highest BCUT2D eigenvalue weighted by Crippen LogP contribution is 2.35. The quantitative estimate of drug-likeness (QED) is 0.599. The molecule has 0 atom stereocenters. The molecule has 0 saturated heterocycles. The van der Waals surface area contributed by atoms with Gasteiger partial charge in [0.25, 0.3) is 0 Å². The highest BCUT2D eigenvalue weighted by molar-refractivity contribution is 7.88. The molecule has 0 bridgehead atoms. The van der Waals surface area contributed by atoms with Gasteiger partial charge in [-0.1, -0.05) is 6.07 Å². The summed E-state index contributed by atoms with van der Waals surface area (Å²) < 4.78 is 65.8. The summed E-state index contributed by atoms with van der Waals surface area (Å²) in [6.45, 7) is 1.95. The Morgan fingerprint density at radius 3 is 2.67 bits per heavy atom. The van der Waals surface area contributed by atoms with Crippen molar-refractivity contribution in [3.8, 4) is 11.3 Å². The molecule has 0 amide bonds. The molecule has 4 rings (SSSR count). The van der Waals surface area contributed by atoms with E-state index >= 15 is 0 Å². The Hall–Kier alpha value is -2.37. The maximum Gasteiger partial charge on any atom is 0.416 e. The predicted molar refractivity (Wildman–Crippen MR) is 106 cm³/mol. The minimum atomic E-state index is -4.42. The van der Waals surface area contributed by atoms with Crippen molar-refractivity contribution < 1.29 is 21.6 Å². The number of hydrogen-bond acceptors (Lipinski definition) is 6. The maximum absolute atomic E-state index is 13.0. The average Bonchev–Trinajstić information content (AvgIpc) is 3.18. The fourth-order valence-corrected chi connectivity index (χ4v) is 5.85. The van der Waals surface area contributed by atoms with E-state index in [0.717, 1.165) is 17.7 Å². The van der Waals surface area contributed by atoms with E-state index in [9.17, 15) is 21.6 Å². The van der Waals surface area contributed by atoms with Gasteiger partial charge >= 0.3 is 6.18 Å². The largest absolute Gasteiger partial charge is 0.416 e. The monoisotopic (exact) mass is 454 g/mol. The first kappa shape index (κ1) is 20.9. The van der Waals surface area contributed by atoms with E-state index in [1.807, 2.05) is 0 Å². The van der Waals surface area contributed by atoms with Crippen LogP contribution in [0.1, 0.15) is 27.4 Å². The summed E-state index contributed by atoms with van der Waals surface area (Å²) in [6, 6.07) is 3.54. The SMILES string of the molecule is Cc1cc(C(F)(F)F)ccc1-c1ncnc2c1CCN(S(=O)(=O)Cc1nccs1)C2. The number of fused-ring (bicyclic) bond motifs is 1. The zero-order valence-corrected chi connectivity index (χ0v) is 17.5. The molecular weight excluding hydrogens is 437 g/mol. The first-order valence-corrected chi connectivity index (χ1v) is 11.5. The molecule has 1 aromatic carbocycles. The lowest BCUT2D eigenvalue weighted by Crippen LogP contribution is -2.37. The Labute approximate surface area is 175 Å². The number of thiazole rings is 1. The van der Waals surface area contributed by atoms with Gasteiger partial charge in [-0.15, -0.1) is 11.3 Å². The summed E-state index contributed by atoms with van der Waals surface area (Å²) in [5, 5.41) is 2.24. The van der Waals surface area contributed by atoms with Crippen molar-refractivity contribution in [1.29, 1.82) is 0 Å². The summed E-state index contributed by atoms with van der Waals surface area (Å²) in [5.41, 5.74) is 2.19. The molecule has 3 aromatic rings. The van der Waals surface area contributed by atoms with E-state index in [1.54, 1.807) is 18.5 Å². The third-order valence-electron chi connectivity index (χ3n) is 4.96. The molecular formula is C19H17F3N4O2S2. The molecule has 158 valence electrons. The molecule has 11 heteroatoms. The molecule has 0 aliphatic carbocycles. The predicted octanol–water partition coefficient (Wildman–Crippen LogP) is 3.82. The van der Waals surface area contributed by atoms with E-state index in [1.165, 1.54) is 28.0 Å². The van der Waals surface area contributed by atoms with Crippen molar-refractivity contribution in [2.75, 3.05) is 6.54 Å². The first-order chi connectivity index (χ1) is 14.1. The number of hydrogen-bond donors (Lipinski definition) is 0. The van der Waals surface area contributed by atoms with Gasteiger partial charge in [0, 0.05) is 29.2 Å². The Kier molecular flexibility index (Phi) is 5.37. The van der Waals surface area contributed by atoms with Gasteiger partial charge < -0.3 is 0 Å². The lowest BCUT2D eigenvalue weighted by Gasteiger charge is -2.28. The van der Waals surface area contributed by atoms with Crippen LogP contribution in [-0.2, 0) is 34.9 Å². The highest BCUT2D eigenvalue weighted by atomic mass is 32.2. The molecule has 0 radical (unpaired) electrons. The first-order valence-electron chi connectivity index (χ1n) is 9.02. The third kappa shape index (κ3) is 4.09. The number of sulfonamides is 1. The van der Waals surface area contributed by atoms with Gasteiger partial charge in [0.05, 0.1) is 23.5 Å².